The summed E-state index contributed by atoms with van der Waals surface area (Å²) in [6.07, 6.45) is 0. The van der Waals surface area contributed by atoms with Crippen LogP contribution in [0.2, 0.25) is 0 Å². The van der Waals surface area contributed by atoms with E-state index in [9.17, 15) is 0 Å². The van der Waals surface area contributed by atoms with Crippen molar-refractivity contribution in [2.45, 2.75) is 0 Å². The van der Waals surface area contributed by atoms with Gasteiger partial charge in [-0.15, -0.1) is 0 Å². The Morgan fingerprint density at radius 1 is 0.692 bits per heavy atom. The number of rotatable bonds is 0. The first-order valence-electron chi connectivity index (χ1n) is 1.40. The second-order valence-electron chi connectivity index (χ2n) is 0.896. The molecule has 0 spiro atoms. The summed E-state index contributed by atoms with van der Waals surface area (Å²) < 4.78 is 63.2. The van der Waals surface area contributed by atoms with E-state index >= 15 is 0 Å². The molecule has 74 valence electrons. The molecule has 0 aliphatic carbocycles. The second kappa shape index (κ2) is 13.0. The molecule has 0 bridgehead atoms. The van der Waals surface area contributed by atoms with Crippen LogP contribution in [0.4, 0.5) is 0 Å². The van der Waals surface area contributed by atoms with Gasteiger partial charge in [-0.05, 0) is 0 Å². The van der Waals surface area contributed by atoms with Gasteiger partial charge in [-0.3, -0.25) is 18.2 Å². The molecular formula is H9KMg2O8S2. The van der Waals surface area contributed by atoms with Crippen molar-refractivity contribution in [3.63, 3.8) is 0 Å². The van der Waals surface area contributed by atoms with Crippen molar-refractivity contribution in [1.29, 1.82) is 0 Å². The summed E-state index contributed by atoms with van der Waals surface area (Å²) >= 11 is 0. The average molecular weight is 289 g/mol. The predicted octanol–water partition coefficient (Wildman–Crippen LogP) is -4.50. The first kappa shape index (κ1) is 29.7. The molecule has 0 rings (SSSR count). The van der Waals surface area contributed by atoms with Crippen LogP contribution in [0, 0.1) is 0 Å². The number of hydrogen-bond donors (Lipinski definition) is 4. The zero-order valence-corrected chi connectivity index (χ0v) is 14.2. The molecule has 0 amide bonds. The smallest absolute Gasteiger partial charge is 1.00 e. The van der Waals surface area contributed by atoms with E-state index in [2.05, 4.69) is 0 Å². The molecule has 0 heterocycles. The summed E-state index contributed by atoms with van der Waals surface area (Å²) in [5.74, 6) is 0. The quantitative estimate of drug-likeness (QED) is 0.257. The van der Waals surface area contributed by atoms with Crippen molar-refractivity contribution in [2.24, 2.45) is 0 Å². The zero-order valence-electron chi connectivity index (χ0n) is 11.7. The van der Waals surface area contributed by atoms with Crippen molar-refractivity contribution in [2.75, 3.05) is 0 Å². The first-order valence-corrected chi connectivity index (χ1v) is 4.19. The summed E-state index contributed by atoms with van der Waals surface area (Å²) in [5.41, 5.74) is 0. The molecule has 0 aromatic rings. The van der Waals surface area contributed by atoms with Gasteiger partial charge in [0.15, 0.2) is 0 Å². The maximum absolute atomic E-state index is 8.74. The molecule has 0 aliphatic rings. The van der Waals surface area contributed by atoms with E-state index in [0.29, 0.717) is 0 Å². The molecule has 13 heavy (non-hydrogen) atoms. The van der Waals surface area contributed by atoms with E-state index in [1.54, 1.807) is 0 Å². The maximum Gasteiger partial charge on any atom is 2.00 e. The summed E-state index contributed by atoms with van der Waals surface area (Å²) in [6, 6.07) is 0. The van der Waals surface area contributed by atoms with Gasteiger partial charge >= 0.3 is 118 Å². The van der Waals surface area contributed by atoms with Crippen LogP contribution in [0.15, 0.2) is 0 Å². The van der Waals surface area contributed by atoms with Crippen molar-refractivity contribution in [3.8, 4) is 0 Å². The predicted molar refractivity (Wildman–Crippen MR) is 45.4 cm³/mol. The molecule has 0 radical (unpaired) electrons. The van der Waals surface area contributed by atoms with Crippen LogP contribution >= 0.6 is 0 Å². The Hall–Kier alpha value is 2.91. The van der Waals surface area contributed by atoms with Crippen LogP contribution in [0.1, 0.15) is 7.13 Å². The Bertz CT molecular complexity index is 232. The summed E-state index contributed by atoms with van der Waals surface area (Å²) in [4.78, 5) is 0. The zero-order chi connectivity index (χ0) is 9.00. The third-order valence-electron chi connectivity index (χ3n) is 0. The van der Waals surface area contributed by atoms with Crippen LogP contribution in [0.3, 0.4) is 0 Å². The molecule has 8 nitrogen and oxygen atoms in total. The molecule has 0 unspecified atom stereocenters. The van der Waals surface area contributed by atoms with Gasteiger partial charge in [0.05, 0.1) is 0 Å². The van der Waals surface area contributed by atoms with E-state index in [0.717, 1.165) is 0 Å². The summed E-state index contributed by atoms with van der Waals surface area (Å²) in [5, 5.41) is 0. The largest absolute Gasteiger partial charge is 2.00 e. The van der Waals surface area contributed by atoms with Gasteiger partial charge in [0.2, 0.25) is 0 Å². The van der Waals surface area contributed by atoms with E-state index in [1.165, 1.54) is 0 Å². The Morgan fingerprint density at radius 2 is 0.692 bits per heavy atom. The van der Waals surface area contributed by atoms with Crippen LogP contribution in [-0.4, -0.2) is 81.2 Å². The van der Waals surface area contributed by atoms with E-state index in [4.69, 9.17) is 35.0 Å². The normalized spacial score (nSPS) is 8.92. The molecule has 0 aromatic carbocycles. The molecule has 0 atom stereocenters. The van der Waals surface area contributed by atoms with Gasteiger partial charge in [-0.1, -0.05) is 0 Å². The third kappa shape index (κ3) is 294. The van der Waals surface area contributed by atoms with Crippen molar-refractivity contribution in [1.82, 2.24) is 0 Å². The molecule has 0 aromatic heterocycles. The van der Waals surface area contributed by atoms with Gasteiger partial charge in [-0.2, -0.15) is 16.8 Å². The standard InChI is InChI=1S/K.2Mg.2H2O4S.5H/c;;;2*1-5(2,3)4;;;;;/h;;;2*(H2,1,2,3,4);;;;;/q+1;2*+2;;;5*-1. The van der Waals surface area contributed by atoms with Gasteiger partial charge in [0, 0.05) is 0 Å². The maximum atomic E-state index is 8.74. The summed E-state index contributed by atoms with van der Waals surface area (Å²) in [7, 11) is -9.33. The van der Waals surface area contributed by atoms with E-state index in [1.807, 2.05) is 0 Å². The van der Waals surface area contributed by atoms with Crippen LogP contribution in [-0.2, 0) is 20.8 Å². The molecule has 4 N–H and O–H groups in total. The van der Waals surface area contributed by atoms with Gasteiger partial charge in [-0.25, -0.2) is 0 Å². The SMILES string of the molecule is O=S(=O)(O)O.O=S(=O)(O)O.[H-].[H-].[H-].[H-].[H-].[K+].[Mg+2].[Mg+2]. The molecule has 0 fully saturated rings. The molecule has 13 heteroatoms. The molecule has 0 saturated carbocycles. The Balaban J connectivity index is -0.00000000615. The monoisotopic (exact) mass is 288 g/mol. The minimum Gasteiger partial charge on any atom is -1.00 e. The number of hydrogen-bond acceptors (Lipinski definition) is 4. The molecule has 0 aliphatic heterocycles. The fourth-order valence-corrected chi connectivity index (χ4v) is 0. The van der Waals surface area contributed by atoms with Crippen molar-refractivity contribution in [3.05, 3.63) is 0 Å². The van der Waals surface area contributed by atoms with Crippen molar-refractivity contribution < 1.29 is 93.6 Å². The Labute approximate surface area is 158 Å². The topological polar surface area (TPSA) is 149 Å². The van der Waals surface area contributed by atoms with E-state index in [-0.39, 0.29) is 105 Å². The minimum atomic E-state index is -4.67. The van der Waals surface area contributed by atoms with Gasteiger partial charge < -0.3 is 7.13 Å². The van der Waals surface area contributed by atoms with Crippen LogP contribution < -0.4 is 51.4 Å². The van der Waals surface area contributed by atoms with Gasteiger partial charge in [0.25, 0.3) is 0 Å². The second-order valence-corrected chi connectivity index (χ2v) is 2.69. The van der Waals surface area contributed by atoms with E-state index < -0.39 is 20.8 Å². The molecular weight excluding hydrogens is 280 g/mol. The van der Waals surface area contributed by atoms with Crippen LogP contribution in [0.25, 0.3) is 0 Å². The minimum absolute atomic E-state index is 0. The van der Waals surface area contributed by atoms with Crippen molar-refractivity contribution >= 4 is 66.9 Å². The Kier molecular flexibility index (Phi) is 29.7. The summed E-state index contributed by atoms with van der Waals surface area (Å²) in [6.45, 7) is 0. The Morgan fingerprint density at radius 3 is 0.692 bits per heavy atom. The third-order valence-corrected chi connectivity index (χ3v) is 0. The van der Waals surface area contributed by atoms with Crippen LogP contribution in [0.5, 0.6) is 0 Å². The fraction of sp³-hybridized carbons (Fsp3) is 0. The molecule has 0 saturated heterocycles. The fourth-order valence-electron chi connectivity index (χ4n) is 0. The first-order chi connectivity index (χ1) is 4.00. The average Bonchev–Trinajstić information content (AvgIpc) is 1.12. The van der Waals surface area contributed by atoms with Gasteiger partial charge in [0.1, 0.15) is 0 Å².